The number of aliphatic imine (C=N–C) groups is 1. The van der Waals surface area contributed by atoms with Gasteiger partial charge in [-0.25, -0.2) is 14.6 Å². The molecule has 0 spiro atoms. The fraction of sp³-hybridized carbons (Fsp3) is 0.0800. The molecule has 3 aromatic rings. The van der Waals surface area contributed by atoms with Gasteiger partial charge in [0.1, 0.15) is 0 Å². The molecule has 0 N–H and O–H groups in total. The number of hydrogen-bond donors (Lipinski definition) is 0. The molecule has 166 valence electrons. The highest BCUT2D eigenvalue weighted by Crippen LogP contribution is 2.38. The standard InChI is InChI=1S/C25H17BrClNO5/c1-14-7-9-16(10-8-14)24(29)32-22-18(26)11-15(13-21(22)31-2)12-20-25(30)33-23(28-20)17-5-3-4-6-19(17)27/h3-13H,1-2H3/b20-12-. The van der Waals surface area contributed by atoms with Crippen molar-refractivity contribution < 1.29 is 23.8 Å². The van der Waals surface area contributed by atoms with E-state index >= 15 is 0 Å². The molecule has 0 aromatic heterocycles. The first-order valence-corrected chi connectivity index (χ1v) is 11.0. The molecule has 0 bridgehead atoms. The third kappa shape index (κ3) is 4.99. The molecular weight excluding hydrogens is 510 g/mol. The summed E-state index contributed by atoms with van der Waals surface area (Å²) >= 11 is 9.59. The molecule has 6 nitrogen and oxygen atoms in total. The summed E-state index contributed by atoms with van der Waals surface area (Å²) in [6.45, 7) is 1.93. The Morgan fingerprint density at radius 3 is 2.55 bits per heavy atom. The Morgan fingerprint density at radius 1 is 1.12 bits per heavy atom. The number of methoxy groups -OCH3 is 1. The van der Waals surface area contributed by atoms with Crippen LogP contribution in [0.2, 0.25) is 5.02 Å². The summed E-state index contributed by atoms with van der Waals surface area (Å²) in [5.74, 6) is -0.465. The van der Waals surface area contributed by atoms with Crippen molar-refractivity contribution in [2.75, 3.05) is 7.11 Å². The van der Waals surface area contributed by atoms with Crippen LogP contribution in [0, 0.1) is 6.92 Å². The van der Waals surface area contributed by atoms with Crippen molar-refractivity contribution in [2.24, 2.45) is 4.99 Å². The van der Waals surface area contributed by atoms with Crippen molar-refractivity contribution in [1.29, 1.82) is 0 Å². The highest BCUT2D eigenvalue weighted by molar-refractivity contribution is 9.10. The van der Waals surface area contributed by atoms with E-state index in [1.807, 2.05) is 19.1 Å². The summed E-state index contributed by atoms with van der Waals surface area (Å²) in [7, 11) is 1.46. The predicted molar refractivity (Wildman–Crippen MR) is 129 cm³/mol. The van der Waals surface area contributed by atoms with Gasteiger partial charge in [0.25, 0.3) is 0 Å². The Balaban J connectivity index is 1.63. The molecule has 4 rings (SSSR count). The molecule has 0 radical (unpaired) electrons. The molecule has 0 fully saturated rings. The number of rotatable bonds is 5. The van der Waals surface area contributed by atoms with Crippen LogP contribution in [-0.2, 0) is 9.53 Å². The van der Waals surface area contributed by atoms with E-state index in [0.29, 0.717) is 31.9 Å². The van der Waals surface area contributed by atoms with Crippen LogP contribution in [0.3, 0.4) is 0 Å². The molecule has 0 amide bonds. The number of aryl methyl sites for hydroxylation is 1. The maximum atomic E-state index is 12.6. The minimum atomic E-state index is -0.602. The van der Waals surface area contributed by atoms with Crippen molar-refractivity contribution in [3.8, 4) is 11.5 Å². The fourth-order valence-corrected chi connectivity index (χ4v) is 3.84. The summed E-state index contributed by atoms with van der Waals surface area (Å²) in [6.07, 6.45) is 1.55. The fourth-order valence-electron chi connectivity index (χ4n) is 3.08. The predicted octanol–water partition coefficient (Wildman–Crippen LogP) is 5.98. The third-order valence-electron chi connectivity index (χ3n) is 4.76. The first-order valence-electron chi connectivity index (χ1n) is 9.79. The molecule has 8 heteroatoms. The van der Waals surface area contributed by atoms with Gasteiger partial charge in [-0.05, 0) is 70.9 Å². The number of carbonyl (C=O) groups excluding carboxylic acids is 2. The first kappa shape index (κ1) is 22.8. The van der Waals surface area contributed by atoms with Gasteiger partial charge in [0.05, 0.1) is 27.7 Å². The van der Waals surface area contributed by atoms with Crippen LogP contribution in [0.4, 0.5) is 0 Å². The number of halogens is 2. The average Bonchev–Trinajstić information content (AvgIpc) is 3.15. The normalized spacial score (nSPS) is 14.1. The van der Waals surface area contributed by atoms with E-state index in [4.69, 9.17) is 25.8 Å². The van der Waals surface area contributed by atoms with Crippen LogP contribution in [0.25, 0.3) is 6.08 Å². The minimum Gasteiger partial charge on any atom is -0.493 e. The van der Waals surface area contributed by atoms with Crippen LogP contribution < -0.4 is 9.47 Å². The van der Waals surface area contributed by atoms with Gasteiger partial charge in [-0.15, -0.1) is 0 Å². The number of nitrogens with zero attached hydrogens (tertiary/aromatic N) is 1. The van der Waals surface area contributed by atoms with E-state index < -0.39 is 11.9 Å². The molecule has 1 aliphatic rings. The average molecular weight is 527 g/mol. The van der Waals surface area contributed by atoms with Gasteiger partial charge in [-0.2, -0.15) is 0 Å². The molecule has 0 aliphatic carbocycles. The van der Waals surface area contributed by atoms with E-state index in [1.54, 1.807) is 54.6 Å². The van der Waals surface area contributed by atoms with Crippen molar-refractivity contribution in [3.05, 3.63) is 98.1 Å². The number of cyclic esters (lactones) is 1. The highest BCUT2D eigenvalue weighted by Gasteiger charge is 2.26. The summed E-state index contributed by atoms with van der Waals surface area (Å²) in [6, 6.07) is 17.3. The van der Waals surface area contributed by atoms with Gasteiger partial charge in [-0.3, -0.25) is 0 Å². The molecule has 0 atom stereocenters. The number of carbonyl (C=O) groups is 2. The van der Waals surface area contributed by atoms with E-state index in [1.165, 1.54) is 7.11 Å². The Morgan fingerprint density at radius 2 is 1.85 bits per heavy atom. The first-order chi connectivity index (χ1) is 15.9. The summed E-state index contributed by atoms with van der Waals surface area (Å²) in [5, 5.41) is 0.425. The molecule has 0 unspecified atom stereocenters. The number of ether oxygens (including phenoxy) is 3. The van der Waals surface area contributed by atoms with Crippen molar-refractivity contribution in [2.45, 2.75) is 6.92 Å². The van der Waals surface area contributed by atoms with Crippen molar-refractivity contribution in [1.82, 2.24) is 0 Å². The lowest BCUT2D eigenvalue weighted by Crippen LogP contribution is -2.10. The van der Waals surface area contributed by atoms with Crippen LogP contribution in [0.5, 0.6) is 11.5 Å². The lowest BCUT2D eigenvalue weighted by Gasteiger charge is -2.12. The second-order valence-electron chi connectivity index (χ2n) is 7.11. The molecule has 0 saturated heterocycles. The number of esters is 2. The minimum absolute atomic E-state index is 0.100. The van der Waals surface area contributed by atoms with E-state index in [9.17, 15) is 9.59 Å². The smallest absolute Gasteiger partial charge is 0.363 e. The van der Waals surface area contributed by atoms with Crippen molar-refractivity contribution in [3.63, 3.8) is 0 Å². The lowest BCUT2D eigenvalue weighted by molar-refractivity contribution is -0.129. The van der Waals surface area contributed by atoms with Crippen LogP contribution in [0.1, 0.15) is 27.0 Å². The van der Waals surface area contributed by atoms with E-state index in [2.05, 4.69) is 20.9 Å². The molecule has 0 saturated carbocycles. The van der Waals surface area contributed by atoms with Gasteiger partial charge in [0.2, 0.25) is 5.90 Å². The number of hydrogen-bond acceptors (Lipinski definition) is 6. The largest absolute Gasteiger partial charge is 0.493 e. The zero-order chi connectivity index (χ0) is 23.5. The Hall–Kier alpha value is -3.42. The lowest BCUT2D eigenvalue weighted by atomic mass is 10.1. The van der Waals surface area contributed by atoms with Gasteiger partial charge >= 0.3 is 11.9 Å². The van der Waals surface area contributed by atoms with Gasteiger partial charge < -0.3 is 14.2 Å². The summed E-state index contributed by atoms with van der Waals surface area (Å²) in [5.41, 5.74) is 2.66. The SMILES string of the molecule is COc1cc(/C=C2\N=C(c3ccccc3Cl)OC2=O)cc(Br)c1OC(=O)c1ccc(C)cc1. The quantitative estimate of drug-likeness (QED) is 0.232. The van der Waals surface area contributed by atoms with Gasteiger partial charge in [0.15, 0.2) is 17.2 Å². The zero-order valence-corrected chi connectivity index (χ0v) is 19.9. The monoisotopic (exact) mass is 525 g/mol. The van der Waals surface area contributed by atoms with E-state index in [-0.39, 0.29) is 17.3 Å². The van der Waals surface area contributed by atoms with E-state index in [0.717, 1.165) is 5.56 Å². The molecule has 33 heavy (non-hydrogen) atoms. The topological polar surface area (TPSA) is 74.2 Å². The van der Waals surface area contributed by atoms with Crippen molar-refractivity contribution >= 4 is 51.4 Å². The zero-order valence-electron chi connectivity index (χ0n) is 17.6. The molecular formula is C25H17BrClNO5. The second-order valence-corrected chi connectivity index (χ2v) is 8.37. The maximum Gasteiger partial charge on any atom is 0.363 e. The Labute approximate surface area is 203 Å². The highest BCUT2D eigenvalue weighted by atomic mass is 79.9. The van der Waals surface area contributed by atoms with Gasteiger partial charge in [-0.1, -0.05) is 41.4 Å². The number of benzene rings is 3. The third-order valence-corrected chi connectivity index (χ3v) is 5.68. The summed E-state index contributed by atoms with van der Waals surface area (Å²) in [4.78, 5) is 29.2. The molecule has 1 heterocycles. The van der Waals surface area contributed by atoms with Crippen LogP contribution >= 0.6 is 27.5 Å². The maximum absolute atomic E-state index is 12.6. The Bertz CT molecular complexity index is 1310. The molecule has 3 aromatic carbocycles. The van der Waals surface area contributed by atoms with Crippen LogP contribution in [0.15, 0.2) is 75.8 Å². The second kappa shape index (κ2) is 9.60. The summed E-state index contributed by atoms with van der Waals surface area (Å²) < 4.78 is 16.7. The molecule has 1 aliphatic heterocycles. The Kier molecular flexibility index (Phi) is 6.62. The van der Waals surface area contributed by atoms with Crippen LogP contribution in [-0.4, -0.2) is 24.9 Å². The van der Waals surface area contributed by atoms with Gasteiger partial charge in [0, 0.05) is 0 Å².